The number of hydrogen-bond donors (Lipinski definition) is 4. The number of aliphatic hydroxyl groups is 3. The summed E-state index contributed by atoms with van der Waals surface area (Å²) in [5, 5.41) is 32.8. The lowest BCUT2D eigenvalue weighted by Crippen LogP contribution is -2.33. The van der Waals surface area contributed by atoms with Gasteiger partial charge in [-0.2, -0.15) is 0 Å². The molecular weight excluding hydrogens is 362 g/mol. The van der Waals surface area contributed by atoms with Crippen molar-refractivity contribution in [2.24, 2.45) is 0 Å². The first-order valence-corrected chi connectivity index (χ1v) is 9.24. The van der Waals surface area contributed by atoms with E-state index >= 15 is 0 Å². The molecule has 3 heterocycles. The highest BCUT2D eigenvalue weighted by Crippen LogP contribution is 2.32. The Kier molecular flexibility index (Phi) is 5.23. The fourth-order valence-corrected chi connectivity index (χ4v) is 3.36. The van der Waals surface area contributed by atoms with Crippen molar-refractivity contribution in [3.63, 3.8) is 0 Å². The van der Waals surface area contributed by atoms with Crippen LogP contribution in [-0.2, 0) is 17.7 Å². The smallest absolute Gasteiger partial charge is 0.167 e. The van der Waals surface area contributed by atoms with E-state index in [2.05, 4.69) is 51.5 Å². The third-order valence-electron chi connectivity index (χ3n) is 5.04. The van der Waals surface area contributed by atoms with Crippen molar-refractivity contribution in [3.8, 4) is 0 Å². The van der Waals surface area contributed by atoms with Crippen LogP contribution in [0.5, 0.6) is 0 Å². The molecular formula is C19H23N5O4. The number of anilines is 1. The molecule has 0 spiro atoms. The van der Waals surface area contributed by atoms with Gasteiger partial charge in [-0.1, -0.05) is 31.2 Å². The Bertz CT molecular complexity index is 945. The van der Waals surface area contributed by atoms with E-state index < -0.39 is 24.5 Å². The Morgan fingerprint density at radius 3 is 2.50 bits per heavy atom. The molecule has 1 saturated heterocycles. The van der Waals surface area contributed by atoms with Crippen LogP contribution in [0.3, 0.4) is 0 Å². The molecule has 1 unspecified atom stereocenters. The first kappa shape index (κ1) is 18.8. The monoisotopic (exact) mass is 385 g/mol. The second-order valence-electron chi connectivity index (χ2n) is 6.80. The minimum absolute atomic E-state index is 0.389. The summed E-state index contributed by atoms with van der Waals surface area (Å²) in [6, 6.07) is 8.34. The van der Waals surface area contributed by atoms with Crippen LogP contribution in [0, 0.1) is 0 Å². The largest absolute Gasteiger partial charge is 0.394 e. The van der Waals surface area contributed by atoms with Crippen molar-refractivity contribution < 1.29 is 20.1 Å². The molecule has 0 aliphatic carbocycles. The first-order valence-electron chi connectivity index (χ1n) is 9.24. The van der Waals surface area contributed by atoms with Crippen molar-refractivity contribution in [1.29, 1.82) is 0 Å². The quantitative estimate of drug-likeness (QED) is 0.486. The molecule has 4 atom stereocenters. The summed E-state index contributed by atoms with van der Waals surface area (Å²) in [7, 11) is 0. The summed E-state index contributed by atoms with van der Waals surface area (Å²) in [5.74, 6) is 0.565. The van der Waals surface area contributed by atoms with E-state index in [1.165, 1.54) is 18.2 Å². The van der Waals surface area contributed by atoms with Crippen molar-refractivity contribution in [2.45, 2.75) is 44.4 Å². The van der Waals surface area contributed by atoms with Gasteiger partial charge in [0.1, 0.15) is 24.6 Å². The van der Waals surface area contributed by atoms with Gasteiger partial charge in [0.2, 0.25) is 0 Å². The molecule has 1 aliphatic heterocycles. The fourth-order valence-electron chi connectivity index (χ4n) is 3.36. The van der Waals surface area contributed by atoms with Gasteiger partial charge in [-0.05, 0) is 17.5 Å². The Balaban J connectivity index is 1.56. The molecule has 28 heavy (non-hydrogen) atoms. The summed E-state index contributed by atoms with van der Waals surface area (Å²) in [6.07, 6.45) is -0.232. The molecule has 1 aliphatic rings. The number of rotatable bonds is 6. The van der Waals surface area contributed by atoms with Crippen LogP contribution in [0.2, 0.25) is 0 Å². The van der Waals surface area contributed by atoms with Crippen molar-refractivity contribution >= 4 is 17.0 Å². The second kappa shape index (κ2) is 7.80. The van der Waals surface area contributed by atoms with Gasteiger partial charge in [0.25, 0.3) is 0 Å². The molecule has 0 radical (unpaired) electrons. The Morgan fingerprint density at radius 1 is 1.07 bits per heavy atom. The zero-order chi connectivity index (χ0) is 19.7. The minimum Gasteiger partial charge on any atom is -0.394 e. The second-order valence-corrected chi connectivity index (χ2v) is 6.80. The number of aliphatic hydroxyl groups excluding tert-OH is 3. The lowest BCUT2D eigenvalue weighted by molar-refractivity contribution is -0.0511. The average Bonchev–Trinajstić information content (AvgIpc) is 3.28. The molecule has 1 aromatic carbocycles. The number of aryl methyl sites for hydroxylation is 1. The molecule has 4 rings (SSSR count). The molecule has 9 heteroatoms. The van der Waals surface area contributed by atoms with Gasteiger partial charge in [-0.25, -0.2) is 15.0 Å². The van der Waals surface area contributed by atoms with E-state index in [1.807, 2.05) is 0 Å². The van der Waals surface area contributed by atoms with E-state index in [4.69, 9.17) is 4.74 Å². The summed E-state index contributed by atoms with van der Waals surface area (Å²) in [6.45, 7) is 2.31. The van der Waals surface area contributed by atoms with Crippen molar-refractivity contribution in [3.05, 3.63) is 48.0 Å². The lowest BCUT2D eigenvalue weighted by atomic mass is 10.1. The minimum atomic E-state index is -1.20. The van der Waals surface area contributed by atoms with Gasteiger partial charge in [-0.15, -0.1) is 0 Å². The Morgan fingerprint density at radius 2 is 1.82 bits per heavy atom. The zero-order valence-corrected chi connectivity index (χ0v) is 15.4. The van der Waals surface area contributed by atoms with Gasteiger partial charge in [-0.3, -0.25) is 4.57 Å². The normalized spacial score (nSPS) is 24.7. The van der Waals surface area contributed by atoms with E-state index in [1.54, 1.807) is 4.57 Å². The topological polar surface area (TPSA) is 126 Å². The molecule has 0 bridgehead atoms. The predicted molar refractivity (Wildman–Crippen MR) is 101 cm³/mol. The third-order valence-corrected chi connectivity index (χ3v) is 5.04. The van der Waals surface area contributed by atoms with E-state index in [9.17, 15) is 15.3 Å². The summed E-state index contributed by atoms with van der Waals surface area (Å²) in [4.78, 5) is 12.9. The van der Waals surface area contributed by atoms with Crippen LogP contribution >= 0.6 is 0 Å². The molecule has 9 nitrogen and oxygen atoms in total. The summed E-state index contributed by atoms with van der Waals surface area (Å²) >= 11 is 0. The number of nitrogens with one attached hydrogen (secondary N) is 1. The number of nitrogens with zero attached hydrogens (tertiary/aromatic N) is 4. The fraction of sp³-hybridized carbons (Fsp3) is 0.421. The average molecular weight is 385 g/mol. The zero-order valence-electron chi connectivity index (χ0n) is 15.4. The van der Waals surface area contributed by atoms with Gasteiger partial charge in [0, 0.05) is 6.54 Å². The molecule has 2 aromatic heterocycles. The maximum absolute atomic E-state index is 10.3. The van der Waals surface area contributed by atoms with E-state index in [-0.39, 0.29) is 6.61 Å². The first-order chi connectivity index (χ1) is 13.6. The highest BCUT2D eigenvalue weighted by molar-refractivity contribution is 5.82. The summed E-state index contributed by atoms with van der Waals surface area (Å²) in [5.41, 5.74) is 3.40. The maximum Gasteiger partial charge on any atom is 0.167 e. The van der Waals surface area contributed by atoms with Gasteiger partial charge < -0.3 is 25.4 Å². The number of imidazole rings is 1. The molecule has 0 saturated carbocycles. The van der Waals surface area contributed by atoms with Crippen LogP contribution in [-0.4, -0.2) is 59.8 Å². The number of ether oxygens (including phenoxy) is 1. The number of hydrogen-bond acceptors (Lipinski definition) is 8. The molecule has 3 aromatic rings. The highest BCUT2D eigenvalue weighted by atomic mass is 16.6. The highest BCUT2D eigenvalue weighted by Gasteiger charge is 2.44. The standard InChI is InChI=1S/C19H23N5O4/c1-2-11-3-5-12(6-4-11)7-20-17-14-18(22-9-21-17)24(10-23-14)19-16(27)15(26)13(8-25)28-19/h3-6,9-10,13,15-16,19,25-27H,2,7-8H2,1H3,(H,20,21,22)/t13-,15-,16-,19?/m1/s1. The number of benzene rings is 1. The SMILES string of the molecule is CCc1ccc(CNc2ncnc3c2ncn3C2O[C@H](CO)[C@@H](O)[C@H]2O)cc1. The molecule has 4 N–H and O–H groups in total. The van der Waals surface area contributed by atoms with Crippen molar-refractivity contribution in [1.82, 2.24) is 19.5 Å². The van der Waals surface area contributed by atoms with Crippen LogP contribution in [0.1, 0.15) is 24.3 Å². The van der Waals surface area contributed by atoms with E-state index in [0.29, 0.717) is 23.5 Å². The van der Waals surface area contributed by atoms with E-state index in [0.717, 1.165) is 12.0 Å². The Labute approximate surface area is 161 Å². The third kappa shape index (κ3) is 3.33. The lowest BCUT2D eigenvalue weighted by Gasteiger charge is -2.16. The van der Waals surface area contributed by atoms with Crippen LogP contribution in [0.15, 0.2) is 36.9 Å². The summed E-state index contributed by atoms with van der Waals surface area (Å²) < 4.78 is 7.11. The molecule has 0 amide bonds. The van der Waals surface area contributed by atoms with Gasteiger partial charge in [0.15, 0.2) is 23.2 Å². The van der Waals surface area contributed by atoms with Crippen LogP contribution in [0.25, 0.3) is 11.2 Å². The van der Waals surface area contributed by atoms with Gasteiger partial charge >= 0.3 is 0 Å². The van der Waals surface area contributed by atoms with Crippen LogP contribution < -0.4 is 5.32 Å². The van der Waals surface area contributed by atoms with Crippen molar-refractivity contribution in [2.75, 3.05) is 11.9 Å². The van der Waals surface area contributed by atoms with Gasteiger partial charge in [0.05, 0.1) is 12.9 Å². The Hall–Kier alpha value is -2.59. The maximum atomic E-state index is 10.3. The molecule has 1 fully saturated rings. The van der Waals surface area contributed by atoms with Crippen LogP contribution in [0.4, 0.5) is 5.82 Å². The number of aromatic nitrogens is 4. The molecule has 148 valence electrons. The predicted octanol–water partition coefficient (Wildman–Crippen LogP) is 0.612. The number of fused-ring (bicyclic) bond motifs is 1.